The first kappa shape index (κ1) is 8.78. The minimum absolute atomic E-state index is 0. The zero-order valence-corrected chi connectivity index (χ0v) is 7.44. The van der Waals surface area contributed by atoms with Crippen molar-refractivity contribution < 1.29 is 9.89 Å². The van der Waals surface area contributed by atoms with E-state index in [1.807, 2.05) is 36.4 Å². The lowest BCUT2D eigenvalue weighted by atomic mass is 10.2. The molecule has 0 saturated heterocycles. The molecule has 0 aliphatic heterocycles. The fourth-order valence-corrected chi connectivity index (χ4v) is 1.67. The maximum absolute atomic E-state index is 5.65. The second-order valence-corrected chi connectivity index (χ2v) is 3.09. The van der Waals surface area contributed by atoms with Gasteiger partial charge in [0.05, 0.1) is 0 Å². The van der Waals surface area contributed by atoms with Crippen molar-refractivity contribution in [1.29, 1.82) is 0 Å². The van der Waals surface area contributed by atoms with Crippen molar-refractivity contribution in [1.82, 2.24) is 0 Å². The molecule has 68 valence electrons. The molecule has 2 nitrogen and oxygen atoms in total. The van der Waals surface area contributed by atoms with Gasteiger partial charge in [0.25, 0.3) is 0 Å². The van der Waals surface area contributed by atoms with Gasteiger partial charge >= 0.3 is 0 Å². The van der Waals surface area contributed by atoms with Crippen molar-refractivity contribution in [2.24, 2.45) is 0 Å². The minimum Gasteiger partial charge on any atom is -0.456 e. The Balaban J connectivity index is 0.000000750. The van der Waals surface area contributed by atoms with E-state index < -0.39 is 0 Å². The Labute approximate surface area is 81.1 Å². The Morgan fingerprint density at radius 1 is 0.643 bits per heavy atom. The van der Waals surface area contributed by atoms with Crippen LogP contribution in [0.15, 0.2) is 52.9 Å². The molecule has 0 amide bonds. The highest BCUT2D eigenvalue weighted by Crippen LogP contribution is 2.27. The Bertz CT molecular complexity index is 516. The summed E-state index contributed by atoms with van der Waals surface area (Å²) in [7, 11) is 0. The predicted octanol–water partition coefficient (Wildman–Crippen LogP) is 3.47. The predicted molar refractivity (Wildman–Crippen MR) is 54.4 cm³/mol. The largest absolute Gasteiger partial charge is 0.456 e. The van der Waals surface area contributed by atoms with E-state index in [1.165, 1.54) is 10.8 Å². The van der Waals surface area contributed by atoms with E-state index in [-0.39, 0.29) is 5.48 Å². The first-order valence-electron chi connectivity index (χ1n) is 4.31. The molecule has 0 saturated carbocycles. The second-order valence-electron chi connectivity index (χ2n) is 3.09. The summed E-state index contributed by atoms with van der Waals surface area (Å²) in [5, 5.41) is 2.39. The van der Waals surface area contributed by atoms with Gasteiger partial charge in [0.15, 0.2) is 0 Å². The molecule has 0 aliphatic rings. The van der Waals surface area contributed by atoms with Gasteiger partial charge in [-0.3, -0.25) is 0 Å². The van der Waals surface area contributed by atoms with Crippen LogP contribution in [0.25, 0.3) is 21.9 Å². The summed E-state index contributed by atoms with van der Waals surface area (Å²) < 4.78 is 5.65. The number of rotatable bonds is 0. The van der Waals surface area contributed by atoms with Crippen molar-refractivity contribution in [2.75, 3.05) is 0 Å². The molecule has 0 aliphatic carbocycles. The Morgan fingerprint density at radius 3 is 1.57 bits per heavy atom. The molecule has 3 aromatic rings. The number of fused-ring (bicyclic) bond motifs is 3. The molecule has 0 fully saturated rings. The Hall–Kier alpha value is -1.80. The van der Waals surface area contributed by atoms with Crippen LogP contribution in [0.3, 0.4) is 0 Å². The molecule has 2 aromatic carbocycles. The van der Waals surface area contributed by atoms with Gasteiger partial charge in [-0.05, 0) is 12.1 Å². The SMILES string of the molecule is [O].c1ccc2c(c1)oc1ccccc12. The molecule has 0 spiro atoms. The monoisotopic (exact) mass is 184 g/mol. The van der Waals surface area contributed by atoms with E-state index in [0.717, 1.165) is 11.2 Å². The van der Waals surface area contributed by atoms with E-state index in [0.29, 0.717) is 0 Å². The van der Waals surface area contributed by atoms with Crippen molar-refractivity contribution in [3.63, 3.8) is 0 Å². The van der Waals surface area contributed by atoms with E-state index >= 15 is 0 Å². The van der Waals surface area contributed by atoms with E-state index in [2.05, 4.69) is 12.1 Å². The van der Waals surface area contributed by atoms with Crippen molar-refractivity contribution >= 4 is 21.9 Å². The van der Waals surface area contributed by atoms with Gasteiger partial charge in [-0.25, -0.2) is 0 Å². The summed E-state index contributed by atoms with van der Waals surface area (Å²) in [6.45, 7) is 0. The highest BCUT2D eigenvalue weighted by Gasteiger charge is 2.02. The minimum atomic E-state index is 0. The fourth-order valence-electron chi connectivity index (χ4n) is 1.67. The van der Waals surface area contributed by atoms with E-state index in [4.69, 9.17) is 4.42 Å². The molecule has 3 rings (SSSR count). The zero-order valence-electron chi connectivity index (χ0n) is 7.44. The third kappa shape index (κ3) is 1.09. The van der Waals surface area contributed by atoms with Crippen LogP contribution in [0.5, 0.6) is 0 Å². The second kappa shape index (κ2) is 3.16. The van der Waals surface area contributed by atoms with Gasteiger partial charge in [0.2, 0.25) is 0 Å². The number of para-hydroxylation sites is 2. The van der Waals surface area contributed by atoms with Crippen LogP contribution < -0.4 is 0 Å². The number of hydrogen-bond acceptors (Lipinski definition) is 1. The average molecular weight is 184 g/mol. The molecule has 0 bridgehead atoms. The van der Waals surface area contributed by atoms with Gasteiger partial charge < -0.3 is 4.42 Å². The summed E-state index contributed by atoms with van der Waals surface area (Å²) in [4.78, 5) is 0. The summed E-state index contributed by atoms with van der Waals surface area (Å²) in [5.41, 5.74) is 1.92. The van der Waals surface area contributed by atoms with Crippen LogP contribution >= 0.6 is 0 Å². The molecule has 0 atom stereocenters. The maximum Gasteiger partial charge on any atom is 0.135 e. The summed E-state index contributed by atoms with van der Waals surface area (Å²) in [6.07, 6.45) is 0. The molecule has 2 radical (unpaired) electrons. The van der Waals surface area contributed by atoms with Gasteiger partial charge in [-0.15, -0.1) is 0 Å². The van der Waals surface area contributed by atoms with Crippen molar-refractivity contribution in [3.05, 3.63) is 48.5 Å². The number of hydrogen-bond donors (Lipinski definition) is 0. The fraction of sp³-hybridized carbons (Fsp3) is 0. The Kier molecular flexibility index (Phi) is 1.98. The van der Waals surface area contributed by atoms with Gasteiger partial charge in [-0.2, -0.15) is 0 Å². The molecule has 0 N–H and O–H groups in total. The standard InChI is InChI=1S/C12H8O.O/c1-3-7-11-9(5-1)10-6-2-4-8-12(10)13-11;/h1-8H;. The third-order valence-corrected chi connectivity index (χ3v) is 2.28. The van der Waals surface area contributed by atoms with Crippen LogP contribution in [0.1, 0.15) is 0 Å². The lowest BCUT2D eigenvalue weighted by Gasteiger charge is -1.85. The van der Waals surface area contributed by atoms with Gasteiger partial charge in [0, 0.05) is 16.2 Å². The smallest absolute Gasteiger partial charge is 0.135 e. The topological polar surface area (TPSA) is 41.6 Å². The number of furan rings is 1. The van der Waals surface area contributed by atoms with Crippen LogP contribution in [0, 0.1) is 0 Å². The normalized spacial score (nSPS) is 10.3. The Morgan fingerprint density at radius 2 is 1.07 bits per heavy atom. The van der Waals surface area contributed by atoms with Crippen LogP contribution in [-0.4, -0.2) is 0 Å². The number of benzene rings is 2. The molecule has 1 aromatic heterocycles. The molecular formula is C12H8O2. The lowest BCUT2D eigenvalue weighted by Crippen LogP contribution is -1.62. The quantitative estimate of drug-likeness (QED) is 0.527. The molecule has 0 unspecified atom stereocenters. The van der Waals surface area contributed by atoms with Crippen molar-refractivity contribution in [3.8, 4) is 0 Å². The average Bonchev–Trinajstić information content (AvgIpc) is 2.56. The molecule has 14 heavy (non-hydrogen) atoms. The van der Waals surface area contributed by atoms with Crippen LogP contribution in [-0.2, 0) is 5.48 Å². The first-order chi connectivity index (χ1) is 6.45. The van der Waals surface area contributed by atoms with Gasteiger partial charge in [-0.1, -0.05) is 36.4 Å². The summed E-state index contributed by atoms with van der Waals surface area (Å²) >= 11 is 0. The van der Waals surface area contributed by atoms with E-state index in [9.17, 15) is 0 Å². The highest BCUT2D eigenvalue weighted by atomic mass is 16.3. The first-order valence-corrected chi connectivity index (χ1v) is 4.31. The molecule has 2 heteroatoms. The van der Waals surface area contributed by atoms with Crippen LogP contribution in [0.4, 0.5) is 0 Å². The van der Waals surface area contributed by atoms with E-state index in [1.54, 1.807) is 0 Å². The third-order valence-electron chi connectivity index (χ3n) is 2.28. The lowest BCUT2D eigenvalue weighted by molar-refractivity contribution is 0.669. The van der Waals surface area contributed by atoms with Crippen molar-refractivity contribution in [2.45, 2.75) is 0 Å². The van der Waals surface area contributed by atoms with Gasteiger partial charge in [0.1, 0.15) is 11.2 Å². The summed E-state index contributed by atoms with van der Waals surface area (Å²) in [6, 6.07) is 16.2. The maximum atomic E-state index is 5.65. The summed E-state index contributed by atoms with van der Waals surface area (Å²) in [5.74, 6) is 0. The molecular weight excluding hydrogens is 176 g/mol. The van der Waals surface area contributed by atoms with Crippen LogP contribution in [0.2, 0.25) is 0 Å². The zero-order chi connectivity index (χ0) is 8.67. The molecule has 1 heterocycles. The highest BCUT2D eigenvalue weighted by molar-refractivity contribution is 6.04.